The molecule has 2 aliphatic heterocycles. The van der Waals surface area contributed by atoms with Crippen LogP contribution in [0.2, 0.25) is 0 Å². The number of fused-ring (bicyclic) bond motifs is 1. The van der Waals surface area contributed by atoms with E-state index in [1.165, 1.54) is 0 Å². The number of carbonyl (C=O) groups excluding carboxylic acids is 2. The lowest BCUT2D eigenvalue weighted by Crippen LogP contribution is -2.63. The van der Waals surface area contributed by atoms with E-state index in [1.807, 2.05) is 56.3 Å². The van der Waals surface area contributed by atoms with Crippen LogP contribution in [0.5, 0.6) is 0 Å². The molecule has 4 rings (SSSR count). The van der Waals surface area contributed by atoms with E-state index < -0.39 is 5.66 Å². The van der Waals surface area contributed by atoms with Crippen LogP contribution in [-0.2, 0) is 0 Å². The maximum absolute atomic E-state index is 12.6. The maximum atomic E-state index is 12.6. The van der Waals surface area contributed by atoms with Crippen LogP contribution in [0.4, 0.5) is 16.2 Å². The molecule has 0 aromatic heterocycles. The lowest BCUT2D eigenvalue weighted by Gasteiger charge is -2.45. The number of benzene rings is 2. The van der Waals surface area contributed by atoms with Crippen molar-refractivity contribution in [1.29, 1.82) is 0 Å². The van der Waals surface area contributed by atoms with Crippen LogP contribution in [0.25, 0.3) is 0 Å². The van der Waals surface area contributed by atoms with Crippen LogP contribution >= 0.6 is 0 Å². The van der Waals surface area contributed by atoms with E-state index in [1.54, 1.807) is 4.90 Å². The van der Waals surface area contributed by atoms with Gasteiger partial charge in [-0.25, -0.2) is 4.79 Å². The molecule has 6 heteroatoms. The molecule has 1 fully saturated rings. The zero-order valence-corrected chi connectivity index (χ0v) is 15.6. The molecule has 1 spiro atoms. The van der Waals surface area contributed by atoms with Crippen LogP contribution < -0.4 is 16.0 Å². The highest BCUT2D eigenvalue weighted by Gasteiger charge is 2.41. The number of urea groups is 1. The van der Waals surface area contributed by atoms with Crippen molar-refractivity contribution >= 4 is 23.3 Å². The van der Waals surface area contributed by atoms with E-state index in [0.29, 0.717) is 31.5 Å². The van der Waals surface area contributed by atoms with Crippen molar-refractivity contribution in [1.82, 2.24) is 10.2 Å². The van der Waals surface area contributed by atoms with Gasteiger partial charge < -0.3 is 20.9 Å². The van der Waals surface area contributed by atoms with Gasteiger partial charge in [0.1, 0.15) is 5.66 Å². The molecule has 6 nitrogen and oxygen atoms in total. The first-order valence-corrected chi connectivity index (χ1v) is 9.29. The minimum atomic E-state index is -0.487. The Kier molecular flexibility index (Phi) is 4.26. The topological polar surface area (TPSA) is 73.5 Å². The Bertz CT molecular complexity index is 901. The highest BCUT2D eigenvalue weighted by Crippen LogP contribution is 2.32. The molecule has 2 aromatic rings. The first kappa shape index (κ1) is 17.4. The van der Waals surface area contributed by atoms with Gasteiger partial charge in [0.2, 0.25) is 0 Å². The highest BCUT2D eigenvalue weighted by atomic mass is 16.2. The number of hydrogen-bond donors (Lipinski definition) is 3. The first-order chi connectivity index (χ1) is 13.0. The summed E-state index contributed by atoms with van der Waals surface area (Å²) in [6, 6.07) is 13.5. The second-order valence-corrected chi connectivity index (χ2v) is 7.44. The van der Waals surface area contributed by atoms with Crippen molar-refractivity contribution in [3.63, 3.8) is 0 Å². The molecule has 2 aliphatic rings. The largest absolute Gasteiger partial charge is 0.362 e. The molecule has 0 bridgehead atoms. The number of nitrogens with zero attached hydrogens (tertiary/aromatic N) is 1. The summed E-state index contributed by atoms with van der Waals surface area (Å²) >= 11 is 0. The fourth-order valence-electron chi connectivity index (χ4n) is 3.78. The number of piperidine rings is 1. The van der Waals surface area contributed by atoms with Gasteiger partial charge in [-0.2, -0.15) is 0 Å². The number of aryl methyl sites for hydroxylation is 2. The third-order valence-electron chi connectivity index (χ3n) is 5.44. The van der Waals surface area contributed by atoms with Gasteiger partial charge in [-0.1, -0.05) is 29.8 Å². The van der Waals surface area contributed by atoms with Gasteiger partial charge in [-0.05, 0) is 37.6 Å². The third kappa shape index (κ3) is 3.35. The number of hydrogen-bond acceptors (Lipinski definition) is 3. The normalized spacial score (nSPS) is 17.7. The second kappa shape index (κ2) is 6.61. The average Bonchev–Trinajstić information content (AvgIpc) is 2.65. The van der Waals surface area contributed by atoms with Crippen molar-refractivity contribution in [2.45, 2.75) is 32.4 Å². The Morgan fingerprint density at radius 2 is 1.81 bits per heavy atom. The van der Waals surface area contributed by atoms with Crippen molar-refractivity contribution in [3.05, 3.63) is 59.2 Å². The fourth-order valence-corrected chi connectivity index (χ4v) is 3.78. The Morgan fingerprint density at radius 3 is 2.56 bits per heavy atom. The summed E-state index contributed by atoms with van der Waals surface area (Å²) in [6.07, 6.45) is 1.32. The fraction of sp³-hybridized carbons (Fsp3) is 0.333. The molecule has 140 valence electrons. The van der Waals surface area contributed by atoms with Gasteiger partial charge in [0.15, 0.2) is 0 Å². The molecule has 0 unspecified atom stereocenters. The lowest BCUT2D eigenvalue weighted by atomic mass is 9.92. The van der Waals surface area contributed by atoms with Crippen LogP contribution in [-0.4, -0.2) is 35.6 Å². The number of likely N-dealkylation sites (tertiary alicyclic amines) is 1. The minimum Gasteiger partial charge on any atom is -0.362 e. The smallest absolute Gasteiger partial charge is 0.321 e. The molecule has 2 aromatic carbocycles. The highest BCUT2D eigenvalue weighted by molar-refractivity contribution is 6.02. The zero-order valence-electron chi connectivity index (χ0n) is 15.6. The standard InChI is InChI=1S/C21H24N4O2/c1-14-7-8-18-16(13-14)19(26)24-21(23-18)9-11-25(12-10-21)20(27)22-17-6-4-3-5-15(17)2/h3-8,13,23H,9-12H2,1-2H3,(H,22,27)(H,24,26). The van der Waals surface area contributed by atoms with Gasteiger partial charge in [0.05, 0.1) is 5.56 Å². The maximum Gasteiger partial charge on any atom is 0.321 e. The van der Waals surface area contributed by atoms with Crippen LogP contribution in [0, 0.1) is 13.8 Å². The summed E-state index contributed by atoms with van der Waals surface area (Å²) in [5.74, 6) is -0.0507. The zero-order chi connectivity index (χ0) is 19.0. The number of para-hydroxylation sites is 1. The Balaban J connectivity index is 1.43. The molecule has 0 atom stereocenters. The number of rotatable bonds is 1. The summed E-state index contributed by atoms with van der Waals surface area (Å²) in [5.41, 5.74) is 3.98. The quantitative estimate of drug-likeness (QED) is 0.725. The molecular formula is C21H24N4O2. The summed E-state index contributed by atoms with van der Waals surface area (Å²) < 4.78 is 0. The van der Waals surface area contributed by atoms with Gasteiger partial charge >= 0.3 is 6.03 Å². The van der Waals surface area contributed by atoms with E-state index in [2.05, 4.69) is 16.0 Å². The average molecular weight is 364 g/mol. The number of amides is 3. The van der Waals surface area contributed by atoms with Crippen LogP contribution in [0.15, 0.2) is 42.5 Å². The molecule has 2 heterocycles. The van der Waals surface area contributed by atoms with E-state index >= 15 is 0 Å². The molecular weight excluding hydrogens is 340 g/mol. The summed E-state index contributed by atoms with van der Waals surface area (Å²) in [6.45, 7) is 5.10. The van der Waals surface area contributed by atoms with Crippen LogP contribution in [0.1, 0.15) is 34.3 Å². The van der Waals surface area contributed by atoms with Crippen molar-refractivity contribution < 1.29 is 9.59 Å². The van der Waals surface area contributed by atoms with Gasteiger partial charge in [0.25, 0.3) is 5.91 Å². The van der Waals surface area contributed by atoms with E-state index in [4.69, 9.17) is 0 Å². The van der Waals surface area contributed by atoms with Gasteiger partial charge in [-0.3, -0.25) is 4.79 Å². The second-order valence-electron chi connectivity index (χ2n) is 7.44. The summed E-state index contributed by atoms with van der Waals surface area (Å²) in [5, 5.41) is 9.60. The molecule has 0 saturated carbocycles. The number of nitrogens with one attached hydrogen (secondary N) is 3. The van der Waals surface area contributed by atoms with Crippen molar-refractivity contribution in [2.24, 2.45) is 0 Å². The summed E-state index contributed by atoms with van der Waals surface area (Å²) in [7, 11) is 0. The third-order valence-corrected chi connectivity index (χ3v) is 5.44. The minimum absolute atomic E-state index is 0.0507. The lowest BCUT2D eigenvalue weighted by molar-refractivity contribution is 0.0852. The molecule has 1 saturated heterocycles. The van der Waals surface area contributed by atoms with E-state index in [0.717, 1.165) is 22.5 Å². The summed E-state index contributed by atoms with van der Waals surface area (Å²) in [4.78, 5) is 27.0. The predicted octanol–water partition coefficient (Wildman–Crippen LogP) is 3.48. The van der Waals surface area contributed by atoms with Crippen molar-refractivity contribution in [3.8, 4) is 0 Å². The monoisotopic (exact) mass is 364 g/mol. The number of carbonyl (C=O) groups is 2. The van der Waals surface area contributed by atoms with Gasteiger partial charge in [-0.15, -0.1) is 0 Å². The van der Waals surface area contributed by atoms with E-state index in [-0.39, 0.29) is 11.9 Å². The molecule has 3 N–H and O–H groups in total. The first-order valence-electron chi connectivity index (χ1n) is 9.29. The van der Waals surface area contributed by atoms with Crippen LogP contribution in [0.3, 0.4) is 0 Å². The Hall–Kier alpha value is -3.02. The molecule has 27 heavy (non-hydrogen) atoms. The molecule has 0 aliphatic carbocycles. The van der Waals surface area contributed by atoms with E-state index in [9.17, 15) is 9.59 Å². The van der Waals surface area contributed by atoms with Crippen molar-refractivity contribution in [2.75, 3.05) is 23.7 Å². The van der Waals surface area contributed by atoms with Gasteiger partial charge in [0, 0.05) is 37.3 Å². The Labute approximate surface area is 158 Å². The molecule has 0 radical (unpaired) electrons. The molecule has 3 amide bonds. The SMILES string of the molecule is Cc1ccc2c(c1)C(=O)NC1(CCN(C(=O)Nc3ccccc3C)CC1)N2. The predicted molar refractivity (Wildman–Crippen MR) is 106 cm³/mol. The Morgan fingerprint density at radius 1 is 1.07 bits per heavy atom. The number of anilines is 2.